The van der Waals surface area contributed by atoms with Crippen LogP contribution in [-0.2, 0) is 0 Å². The smallest absolute Gasteiger partial charge is 0.263 e. The lowest BCUT2D eigenvalue weighted by Gasteiger charge is -2.16. The fraction of sp³-hybridized carbons (Fsp3) is 0.250. The van der Waals surface area contributed by atoms with E-state index in [-0.39, 0.29) is 11.9 Å². The fourth-order valence-corrected chi connectivity index (χ4v) is 6.13. The van der Waals surface area contributed by atoms with E-state index in [2.05, 4.69) is 33.8 Å². The highest BCUT2D eigenvalue weighted by Gasteiger charge is 2.26. The molecular weight excluding hydrogens is 470 g/mol. The third-order valence-electron chi connectivity index (χ3n) is 6.85. The van der Waals surface area contributed by atoms with E-state index < -0.39 is 0 Å². The number of pyridine rings is 2. The first-order chi connectivity index (χ1) is 17.5. The van der Waals surface area contributed by atoms with E-state index in [1.807, 2.05) is 54.0 Å². The van der Waals surface area contributed by atoms with Crippen molar-refractivity contribution in [2.75, 3.05) is 0 Å². The number of carbonyl (C=O) groups is 1. The van der Waals surface area contributed by atoms with Crippen molar-refractivity contribution in [3.63, 3.8) is 0 Å². The second-order valence-electron chi connectivity index (χ2n) is 9.54. The Morgan fingerprint density at radius 3 is 2.81 bits per heavy atom. The minimum atomic E-state index is -0.0490. The highest BCUT2D eigenvalue weighted by Crippen LogP contribution is 2.35. The predicted molar refractivity (Wildman–Crippen MR) is 144 cm³/mol. The van der Waals surface area contributed by atoms with E-state index in [4.69, 9.17) is 4.74 Å². The van der Waals surface area contributed by atoms with Crippen LogP contribution in [0.4, 0.5) is 0 Å². The van der Waals surface area contributed by atoms with Crippen LogP contribution in [0.25, 0.3) is 33.5 Å². The molecular formula is C28H27N5O2S. The first kappa shape index (κ1) is 22.5. The van der Waals surface area contributed by atoms with Crippen LogP contribution in [0.15, 0.2) is 54.9 Å². The zero-order valence-electron chi connectivity index (χ0n) is 20.2. The standard InChI is InChI=1S/C28H27N5O2S/c1-16-9-10-19(13-16)32-27(34)26-25-24-21(11-12-29-28(24)36-26)33(18(3)31-25)22-15-30-23(14-17(22)2)35-20-7-5-4-6-8-20/h4-8,11-12,14-16,19,31H,3,9-10,13H2,1-2H3,(H,32,34)/t16-,19?/m0/s1. The molecule has 0 bridgehead atoms. The van der Waals surface area contributed by atoms with Crippen molar-refractivity contribution in [3.8, 4) is 17.3 Å². The zero-order valence-corrected chi connectivity index (χ0v) is 21.1. The van der Waals surface area contributed by atoms with Crippen molar-refractivity contribution < 1.29 is 9.53 Å². The highest BCUT2D eigenvalue weighted by molar-refractivity contribution is 7.21. The van der Waals surface area contributed by atoms with Gasteiger partial charge in [0.1, 0.15) is 20.9 Å². The predicted octanol–water partition coefficient (Wildman–Crippen LogP) is 5.67. The van der Waals surface area contributed by atoms with Gasteiger partial charge in [0.25, 0.3) is 5.91 Å². The van der Waals surface area contributed by atoms with Crippen molar-refractivity contribution in [1.29, 1.82) is 0 Å². The molecule has 36 heavy (non-hydrogen) atoms. The van der Waals surface area contributed by atoms with Crippen LogP contribution < -0.4 is 15.5 Å². The maximum atomic E-state index is 13.3. The molecule has 1 aromatic carbocycles. The molecule has 5 aromatic rings. The van der Waals surface area contributed by atoms with E-state index in [9.17, 15) is 4.79 Å². The first-order valence-corrected chi connectivity index (χ1v) is 13.0. The van der Waals surface area contributed by atoms with Crippen molar-refractivity contribution in [2.24, 2.45) is 5.92 Å². The Labute approximate surface area is 212 Å². The molecule has 1 saturated carbocycles. The third-order valence-corrected chi connectivity index (χ3v) is 7.95. The van der Waals surface area contributed by atoms with Crippen LogP contribution in [0.5, 0.6) is 11.6 Å². The van der Waals surface area contributed by atoms with Gasteiger partial charge in [-0.1, -0.05) is 31.7 Å². The minimum absolute atomic E-state index is 0.0490. The number of para-hydroxylation sites is 1. The number of hydrogen-bond donors (Lipinski definition) is 2. The minimum Gasteiger partial charge on any atom is -0.439 e. The summed E-state index contributed by atoms with van der Waals surface area (Å²) < 4.78 is 7.94. The van der Waals surface area contributed by atoms with Gasteiger partial charge in [0.05, 0.1) is 28.3 Å². The van der Waals surface area contributed by atoms with Crippen LogP contribution in [0.3, 0.4) is 0 Å². The summed E-state index contributed by atoms with van der Waals surface area (Å²) in [7, 11) is 0. The molecule has 1 aliphatic carbocycles. The van der Waals surface area contributed by atoms with Crippen LogP contribution in [-0.4, -0.2) is 31.5 Å². The maximum Gasteiger partial charge on any atom is 0.263 e. The van der Waals surface area contributed by atoms with E-state index in [1.165, 1.54) is 11.3 Å². The molecule has 0 aliphatic heterocycles. The lowest BCUT2D eigenvalue weighted by molar-refractivity contribution is 0.0942. The number of amides is 1. The van der Waals surface area contributed by atoms with Crippen molar-refractivity contribution in [3.05, 3.63) is 70.8 Å². The van der Waals surface area contributed by atoms with Gasteiger partial charge >= 0.3 is 0 Å². The average Bonchev–Trinajstić information content (AvgIpc) is 3.44. The number of nitrogens with one attached hydrogen (secondary N) is 2. The molecule has 2 N–H and O–H groups in total. The van der Waals surface area contributed by atoms with E-state index in [0.717, 1.165) is 57.5 Å². The molecule has 182 valence electrons. The van der Waals surface area contributed by atoms with Gasteiger partial charge in [0.15, 0.2) is 0 Å². The molecule has 0 radical (unpaired) electrons. The van der Waals surface area contributed by atoms with Crippen LogP contribution in [0, 0.1) is 12.8 Å². The molecule has 8 heteroatoms. The summed E-state index contributed by atoms with van der Waals surface area (Å²) in [5.74, 6) is 1.86. The summed E-state index contributed by atoms with van der Waals surface area (Å²) in [6, 6.07) is 13.7. The number of aryl methyl sites for hydroxylation is 1. The number of aromatic amines is 1. The quantitative estimate of drug-likeness (QED) is 0.327. The number of H-pyrrole nitrogens is 1. The second-order valence-corrected chi connectivity index (χ2v) is 10.5. The van der Waals surface area contributed by atoms with Gasteiger partial charge in [0, 0.05) is 18.3 Å². The number of rotatable bonds is 5. The average molecular weight is 498 g/mol. The molecule has 1 amide bonds. The van der Waals surface area contributed by atoms with Crippen LogP contribution >= 0.6 is 11.3 Å². The normalized spacial score (nSPS) is 17.6. The zero-order chi connectivity index (χ0) is 24.8. The Morgan fingerprint density at radius 2 is 2.06 bits per heavy atom. The Morgan fingerprint density at radius 1 is 1.22 bits per heavy atom. The molecule has 1 aliphatic rings. The number of benzene rings is 1. The van der Waals surface area contributed by atoms with Crippen LogP contribution in [0.1, 0.15) is 41.4 Å². The molecule has 1 fully saturated rings. The van der Waals surface area contributed by atoms with Crippen molar-refractivity contribution in [1.82, 2.24) is 24.8 Å². The van der Waals surface area contributed by atoms with Gasteiger partial charge in [0.2, 0.25) is 5.88 Å². The lowest BCUT2D eigenvalue weighted by Crippen LogP contribution is -2.32. The van der Waals surface area contributed by atoms with Gasteiger partial charge < -0.3 is 15.0 Å². The Hall–Kier alpha value is -3.91. The van der Waals surface area contributed by atoms with Crippen molar-refractivity contribution >= 4 is 45.1 Å². The molecule has 1 unspecified atom stereocenters. The highest BCUT2D eigenvalue weighted by atomic mass is 32.1. The Bertz CT molecular complexity index is 1650. The number of hydrogen-bond acceptors (Lipinski definition) is 5. The first-order valence-electron chi connectivity index (χ1n) is 12.2. The van der Waals surface area contributed by atoms with E-state index in [1.54, 1.807) is 12.4 Å². The largest absolute Gasteiger partial charge is 0.439 e. The molecule has 7 nitrogen and oxygen atoms in total. The Balaban J connectivity index is 1.41. The number of thiophene rings is 1. The fourth-order valence-electron chi connectivity index (χ4n) is 5.10. The summed E-state index contributed by atoms with van der Waals surface area (Å²) in [4.78, 5) is 27.2. The topological polar surface area (TPSA) is 84.8 Å². The summed E-state index contributed by atoms with van der Waals surface area (Å²) in [5, 5.41) is 4.15. The SMILES string of the molecule is C=c1[nH]c2c(C(=O)NC3CC[C@H](C)C3)sc3nccc(c32)n1-c1cnc(Oc2ccccc2)cc1C. The molecule has 4 heterocycles. The molecule has 0 spiro atoms. The summed E-state index contributed by atoms with van der Waals surface area (Å²) in [6.45, 7) is 8.55. The number of nitrogens with zero attached hydrogens (tertiary/aromatic N) is 3. The van der Waals surface area contributed by atoms with Gasteiger partial charge in [-0.15, -0.1) is 11.3 Å². The van der Waals surface area contributed by atoms with Crippen LogP contribution in [0.2, 0.25) is 0 Å². The van der Waals surface area contributed by atoms with Gasteiger partial charge in [-0.2, -0.15) is 0 Å². The molecule has 4 aromatic heterocycles. The summed E-state index contributed by atoms with van der Waals surface area (Å²) >= 11 is 1.41. The molecule has 0 saturated heterocycles. The molecule has 2 atom stereocenters. The van der Waals surface area contributed by atoms with E-state index >= 15 is 0 Å². The monoisotopic (exact) mass is 497 g/mol. The maximum absolute atomic E-state index is 13.3. The summed E-state index contributed by atoms with van der Waals surface area (Å²) in [6.07, 6.45) is 6.78. The van der Waals surface area contributed by atoms with E-state index in [0.29, 0.717) is 22.2 Å². The second kappa shape index (κ2) is 8.95. The third kappa shape index (κ3) is 3.97. The summed E-state index contributed by atoms with van der Waals surface area (Å²) in [5.41, 5.74) is 4.21. The number of ether oxygens (including phenoxy) is 1. The van der Waals surface area contributed by atoms with Gasteiger partial charge in [-0.05, 0) is 55.9 Å². The molecule has 6 rings (SSSR count). The number of carbonyl (C=O) groups excluding carboxylic acids is 1. The lowest BCUT2D eigenvalue weighted by atomic mass is 10.1. The van der Waals surface area contributed by atoms with Crippen molar-refractivity contribution in [2.45, 2.75) is 39.2 Å². The Kier molecular flexibility index (Phi) is 5.60. The van der Waals surface area contributed by atoms with Gasteiger partial charge in [-0.3, -0.25) is 9.36 Å². The van der Waals surface area contributed by atoms with Gasteiger partial charge in [-0.25, -0.2) is 9.97 Å². The number of aromatic nitrogens is 4.